The maximum absolute atomic E-state index is 12.7. The fourth-order valence-electron chi connectivity index (χ4n) is 2.68. The molecule has 2 rings (SSSR count). The van der Waals surface area contributed by atoms with Crippen molar-refractivity contribution in [3.05, 3.63) is 30.1 Å². The Morgan fingerprint density at radius 2 is 1.89 bits per heavy atom. The Bertz CT molecular complexity index is 344. The summed E-state index contributed by atoms with van der Waals surface area (Å²) in [5.41, 5.74) is 0.991. The third kappa shape index (κ3) is 4.30. The lowest BCUT2D eigenvalue weighted by Crippen LogP contribution is -2.29. The topological polar surface area (TPSA) is 15.3 Å². The van der Waals surface area contributed by atoms with Gasteiger partial charge in [0.15, 0.2) is 0 Å². The number of rotatable bonds is 6. The predicted molar refractivity (Wildman–Crippen MR) is 74.3 cm³/mol. The van der Waals surface area contributed by atoms with Gasteiger partial charge < -0.3 is 10.2 Å². The monoisotopic (exact) mass is 250 g/mol. The van der Waals surface area contributed by atoms with Crippen LogP contribution in [-0.4, -0.2) is 31.6 Å². The summed E-state index contributed by atoms with van der Waals surface area (Å²) in [7, 11) is 2.19. The quantitative estimate of drug-likeness (QED) is 0.833. The summed E-state index contributed by atoms with van der Waals surface area (Å²) in [4.78, 5) is 2.40. The molecule has 0 bridgehead atoms. The van der Waals surface area contributed by atoms with Crippen LogP contribution in [0.4, 0.5) is 10.1 Å². The van der Waals surface area contributed by atoms with E-state index >= 15 is 0 Å². The van der Waals surface area contributed by atoms with Gasteiger partial charge in [-0.25, -0.2) is 4.39 Å². The number of hydrogen-bond acceptors (Lipinski definition) is 2. The SMILES string of the molecule is CN(CCNc1ccc(F)cc1)CC1CCCC1. The first-order valence-corrected chi connectivity index (χ1v) is 6.92. The molecular formula is C15H23FN2. The summed E-state index contributed by atoms with van der Waals surface area (Å²) in [6, 6.07) is 6.55. The van der Waals surface area contributed by atoms with Crippen LogP contribution >= 0.6 is 0 Å². The molecule has 1 aromatic rings. The zero-order valence-electron chi connectivity index (χ0n) is 11.2. The van der Waals surface area contributed by atoms with E-state index in [-0.39, 0.29) is 5.82 Å². The molecule has 2 nitrogen and oxygen atoms in total. The molecule has 0 aliphatic heterocycles. The molecule has 3 heteroatoms. The molecule has 0 heterocycles. The maximum atomic E-state index is 12.7. The molecule has 0 spiro atoms. The second-order valence-corrected chi connectivity index (χ2v) is 5.35. The Morgan fingerprint density at radius 3 is 2.56 bits per heavy atom. The van der Waals surface area contributed by atoms with E-state index in [2.05, 4.69) is 17.3 Å². The van der Waals surface area contributed by atoms with Crippen LogP contribution in [0.1, 0.15) is 25.7 Å². The van der Waals surface area contributed by atoms with Crippen LogP contribution in [-0.2, 0) is 0 Å². The Kier molecular flexibility index (Phi) is 5.00. The minimum atomic E-state index is -0.182. The fraction of sp³-hybridized carbons (Fsp3) is 0.600. The third-order valence-electron chi connectivity index (χ3n) is 3.71. The zero-order valence-corrected chi connectivity index (χ0v) is 11.2. The molecule has 100 valence electrons. The van der Waals surface area contributed by atoms with Crippen molar-refractivity contribution in [2.24, 2.45) is 5.92 Å². The van der Waals surface area contributed by atoms with Crippen LogP contribution in [0.25, 0.3) is 0 Å². The highest BCUT2D eigenvalue weighted by Gasteiger charge is 2.16. The van der Waals surface area contributed by atoms with E-state index in [1.54, 1.807) is 12.1 Å². The lowest BCUT2D eigenvalue weighted by atomic mass is 10.1. The Morgan fingerprint density at radius 1 is 1.22 bits per heavy atom. The molecular weight excluding hydrogens is 227 g/mol. The smallest absolute Gasteiger partial charge is 0.123 e. The number of hydrogen-bond donors (Lipinski definition) is 1. The first kappa shape index (κ1) is 13.3. The van der Waals surface area contributed by atoms with Crippen molar-refractivity contribution in [3.63, 3.8) is 0 Å². The van der Waals surface area contributed by atoms with Crippen LogP contribution < -0.4 is 5.32 Å². The number of likely N-dealkylation sites (N-methyl/N-ethyl adjacent to an activating group) is 1. The van der Waals surface area contributed by atoms with Gasteiger partial charge in [0, 0.05) is 25.3 Å². The van der Waals surface area contributed by atoms with Gasteiger partial charge in [0.1, 0.15) is 5.82 Å². The molecule has 0 saturated heterocycles. The molecule has 1 fully saturated rings. The minimum Gasteiger partial charge on any atom is -0.384 e. The maximum Gasteiger partial charge on any atom is 0.123 e. The molecule has 0 aromatic heterocycles. The van der Waals surface area contributed by atoms with Gasteiger partial charge in [0.25, 0.3) is 0 Å². The van der Waals surface area contributed by atoms with Gasteiger partial charge in [-0.15, -0.1) is 0 Å². The molecule has 0 atom stereocenters. The molecule has 18 heavy (non-hydrogen) atoms. The van der Waals surface area contributed by atoms with Crippen LogP contribution in [0, 0.1) is 11.7 Å². The molecule has 0 radical (unpaired) electrons. The van der Waals surface area contributed by atoms with Crippen LogP contribution in [0.15, 0.2) is 24.3 Å². The van der Waals surface area contributed by atoms with Crippen molar-refractivity contribution >= 4 is 5.69 Å². The zero-order chi connectivity index (χ0) is 12.8. The molecule has 1 saturated carbocycles. The van der Waals surface area contributed by atoms with Crippen molar-refractivity contribution in [3.8, 4) is 0 Å². The third-order valence-corrected chi connectivity index (χ3v) is 3.71. The number of nitrogens with zero attached hydrogens (tertiary/aromatic N) is 1. The van der Waals surface area contributed by atoms with Crippen LogP contribution in [0.2, 0.25) is 0 Å². The summed E-state index contributed by atoms with van der Waals surface area (Å²) in [6.07, 6.45) is 5.62. The lowest BCUT2D eigenvalue weighted by Gasteiger charge is -2.21. The van der Waals surface area contributed by atoms with E-state index in [9.17, 15) is 4.39 Å². The van der Waals surface area contributed by atoms with E-state index in [4.69, 9.17) is 0 Å². The fourth-order valence-corrected chi connectivity index (χ4v) is 2.68. The lowest BCUT2D eigenvalue weighted by molar-refractivity contribution is 0.287. The summed E-state index contributed by atoms with van der Waals surface area (Å²) >= 11 is 0. The normalized spacial score (nSPS) is 16.4. The van der Waals surface area contributed by atoms with Crippen molar-refractivity contribution in [2.45, 2.75) is 25.7 Å². The van der Waals surface area contributed by atoms with E-state index < -0.39 is 0 Å². The van der Waals surface area contributed by atoms with E-state index in [0.29, 0.717) is 0 Å². The second kappa shape index (κ2) is 6.74. The molecule has 1 N–H and O–H groups in total. The van der Waals surface area contributed by atoms with Gasteiger partial charge in [-0.1, -0.05) is 12.8 Å². The van der Waals surface area contributed by atoms with E-state index in [1.165, 1.54) is 44.4 Å². The standard InChI is InChI=1S/C15H23FN2/c1-18(12-13-4-2-3-5-13)11-10-17-15-8-6-14(16)7-9-15/h6-9,13,17H,2-5,10-12H2,1H3. The van der Waals surface area contributed by atoms with Gasteiger partial charge in [-0.05, 0) is 50.1 Å². The summed E-state index contributed by atoms with van der Waals surface area (Å²) < 4.78 is 12.7. The number of benzene rings is 1. The number of halogens is 1. The van der Waals surface area contributed by atoms with Gasteiger partial charge in [-0.3, -0.25) is 0 Å². The largest absolute Gasteiger partial charge is 0.384 e. The molecule has 0 amide bonds. The average Bonchev–Trinajstić information content (AvgIpc) is 2.84. The molecule has 0 unspecified atom stereocenters. The molecule has 1 aromatic carbocycles. The highest BCUT2D eigenvalue weighted by Crippen LogP contribution is 2.24. The number of anilines is 1. The van der Waals surface area contributed by atoms with Crippen LogP contribution in [0.3, 0.4) is 0 Å². The molecule has 1 aliphatic rings. The van der Waals surface area contributed by atoms with Crippen molar-refractivity contribution in [1.29, 1.82) is 0 Å². The average molecular weight is 250 g/mol. The van der Waals surface area contributed by atoms with Gasteiger partial charge in [0.2, 0.25) is 0 Å². The van der Waals surface area contributed by atoms with Crippen LogP contribution in [0.5, 0.6) is 0 Å². The van der Waals surface area contributed by atoms with Crippen molar-refractivity contribution in [2.75, 3.05) is 32.0 Å². The van der Waals surface area contributed by atoms with Crippen molar-refractivity contribution in [1.82, 2.24) is 4.90 Å². The Balaban J connectivity index is 1.63. The summed E-state index contributed by atoms with van der Waals surface area (Å²) in [6.45, 7) is 3.16. The first-order valence-electron chi connectivity index (χ1n) is 6.92. The predicted octanol–water partition coefficient (Wildman–Crippen LogP) is 3.36. The minimum absolute atomic E-state index is 0.182. The van der Waals surface area contributed by atoms with Gasteiger partial charge in [0.05, 0.1) is 0 Å². The highest BCUT2D eigenvalue weighted by molar-refractivity contribution is 5.42. The van der Waals surface area contributed by atoms with Crippen molar-refractivity contribution < 1.29 is 4.39 Å². The van der Waals surface area contributed by atoms with E-state index in [1.807, 2.05) is 0 Å². The highest BCUT2D eigenvalue weighted by atomic mass is 19.1. The van der Waals surface area contributed by atoms with Gasteiger partial charge >= 0.3 is 0 Å². The van der Waals surface area contributed by atoms with Gasteiger partial charge in [-0.2, -0.15) is 0 Å². The molecule has 1 aliphatic carbocycles. The Labute approximate surface area is 109 Å². The first-order chi connectivity index (χ1) is 8.74. The van der Waals surface area contributed by atoms with E-state index in [0.717, 1.165) is 24.7 Å². The summed E-state index contributed by atoms with van der Waals surface area (Å²) in [5.74, 6) is 0.722. The number of nitrogens with one attached hydrogen (secondary N) is 1. The Hall–Kier alpha value is -1.09. The second-order valence-electron chi connectivity index (χ2n) is 5.35. The summed E-state index contributed by atoms with van der Waals surface area (Å²) in [5, 5.41) is 3.32.